The number of quaternary nitrogens is 1. The van der Waals surface area contributed by atoms with Gasteiger partial charge in [0.15, 0.2) is 0 Å². The van der Waals surface area contributed by atoms with E-state index in [4.69, 9.17) is 9.05 Å². The minimum atomic E-state index is -4.14. The highest BCUT2D eigenvalue weighted by Crippen LogP contribution is 2.40. The Kier molecular flexibility index (Phi) is 16.8. The van der Waals surface area contributed by atoms with Crippen LogP contribution in [0.2, 0.25) is 0 Å². The molecule has 0 aliphatic carbocycles. The fraction of sp³-hybridized carbons (Fsp3) is 1.00. The van der Waals surface area contributed by atoms with Gasteiger partial charge in [0.25, 0.3) is 7.82 Å². The molecule has 0 amide bonds. The summed E-state index contributed by atoms with van der Waals surface area (Å²) in [6.07, 6.45) is 11.3. The Morgan fingerprint density at radius 3 is 1.55 bits per heavy atom. The summed E-state index contributed by atoms with van der Waals surface area (Å²) < 4.78 is 23.2. The van der Waals surface area contributed by atoms with E-state index in [1.54, 1.807) is 0 Å². The Balaban J connectivity index is 0.000000807. The summed E-state index contributed by atoms with van der Waals surface area (Å²) in [4.78, 5) is 11.8. The molecule has 0 aromatic carbocycles. The Labute approximate surface area is 181 Å². The summed E-state index contributed by atoms with van der Waals surface area (Å²) >= 11 is 0. The molecule has 29 heavy (non-hydrogen) atoms. The maximum Gasteiger partial charge on any atom is 0.267 e. The van der Waals surface area contributed by atoms with E-state index in [-0.39, 0.29) is 13.2 Å². The summed E-state index contributed by atoms with van der Waals surface area (Å²) in [5.41, 5.74) is 0. The summed E-state index contributed by atoms with van der Waals surface area (Å²) in [5.74, 6) is 0.607. The Morgan fingerprint density at radius 2 is 1.28 bits per heavy atom. The molecule has 0 bridgehead atoms. The zero-order chi connectivity index (χ0) is 22.2. The molecule has 5 nitrogen and oxygen atoms in total. The predicted molar refractivity (Wildman–Crippen MR) is 122 cm³/mol. The molecule has 0 radical (unpaired) electrons. The van der Waals surface area contributed by atoms with E-state index in [1.807, 2.05) is 0 Å². The molecule has 0 N–H and O–H groups in total. The zero-order valence-corrected chi connectivity index (χ0v) is 21.2. The van der Waals surface area contributed by atoms with Crippen molar-refractivity contribution in [2.75, 3.05) is 39.9 Å². The lowest BCUT2D eigenvalue weighted by molar-refractivity contribution is -0.895. The molecule has 1 fully saturated rings. The highest BCUT2D eigenvalue weighted by molar-refractivity contribution is 7.45. The highest BCUT2D eigenvalue weighted by Gasteiger charge is 2.23. The van der Waals surface area contributed by atoms with Gasteiger partial charge in [-0.25, -0.2) is 0 Å². The molecule has 0 aromatic heterocycles. The molecular weight excluding hydrogens is 385 g/mol. The van der Waals surface area contributed by atoms with Crippen molar-refractivity contribution in [3.05, 3.63) is 0 Å². The van der Waals surface area contributed by atoms with Crippen LogP contribution in [0.4, 0.5) is 0 Å². The van der Waals surface area contributed by atoms with Crippen LogP contribution in [0.5, 0.6) is 0 Å². The van der Waals surface area contributed by atoms with Crippen LogP contribution >= 0.6 is 7.82 Å². The molecule has 1 rings (SSSR count). The Bertz CT molecular complexity index is 403. The van der Waals surface area contributed by atoms with E-state index in [0.717, 1.165) is 51.4 Å². The fourth-order valence-electron chi connectivity index (χ4n) is 3.64. The molecule has 1 aliphatic rings. The van der Waals surface area contributed by atoms with Gasteiger partial charge >= 0.3 is 0 Å². The fourth-order valence-corrected chi connectivity index (χ4v) is 4.50. The average molecular weight is 436 g/mol. The molecule has 6 heteroatoms. The Hall–Kier alpha value is 0.0700. The first-order chi connectivity index (χ1) is 13.8. The maximum atomic E-state index is 11.8. The van der Waals surface area contributed by atoms with Crippen LogP contribution in [0.25, 0.3) is 0 Å². The second kappa shape index (κ2) is 16.7. The van der Waals surface area contributed by atoms with Gasteiger partial charge in [0.05, 0.1) is 39.9 Å². The number of nitrogens with zero attached hydrogens (tertiary/aromatic N) is 1. The molecule has 1 aliphatic heterocycles. The van der Waals surface area contributed by atoms with Crippen LogP contribution in [-0.2, 0) is 13.6 Å². The first-order valence-corrected chi connectivity index (χ1v) is 13.6. The molecular formula is C23H50NO4P. The number of likely N-dealkylation sites (tertiary alicyclic amines) is 1. The lowest BCUT2D eigenvalue weighted by Gasteiger charge is -2.27. The Morgan fingerprint density at radius 1 is 0.862 bits per heavy atom. The van der Waals surface area contributed by atoms with Gasteiger partial charge in [-0.2, -0.15) is 0 Å². The maximum absolute atomic E-state index is 11.8. The molecule has 2 unspecified atom stereocenters. The third kappa shape index (κ3) is 14.7. The lowest BCUT2D eigenvalue weighted by atomic mass is 10.0. The predicted octanol–water partition coefficient (Wildman–Crippen LogP) is 6.17. The van der Waals surface area contributed by atoms with Crippen molar-refractivity contribution in [3.63, 3.8) is 0 Å². The van der Waals surface area contributed by atoms with Gasteiger partial charge in [0.1, 0.15) is 0 Å². The molecule has 2 atom stereocenters. The largest absolute Gasteiger partial charge is 0.756 e. The van der Waals surface area contributed by atoms with Crippen molar-refractivity contribution in [2.45, 2.75) is 98.8 Å². The minimum absolute atomic E-state index is 0.253. The van der Waals surface area contributed by atoms with E-state index < -0.39 is 7.82 Å². The molecule has 0 aromatic rings. The van der Waals surface area contributed by atoms with Gasteiger partial charge in [0.2, 0.25) is 0 Å². The van der Waals surface area contributed by atoms with Crippen molar-refractivity contribution in [1.82, 2.24) is 0 Å². The van der Waals surface area contributed by atoms with Crippen LogP contribution in [0.15, 0.2) is 0 Å². The number of unbranched alkanes of at least 4 members (excludes halogenated alkanes) is 2. The number of rotatable bonds is 15. The van der Waals surface area contributed by atoms with E-state index >= 15 is 0 Å². The molecule has 0 spiro atoms. The smallest absolute Gasteiger partial charge is 0.267 e. The van der Waals surface area contributed by atoms with Crippen molar-refractivity contribution < 1.29 is 23.0 Å². The monoisotopic (exact) mass is 435 g/mol. The van der Waals surface area contributed by atoms with Crippen LogP contribution in [0.1, 0.15) is 98.8 Å². The van der Waals surface area contributed by atoms with Gasteiger partial charge < -0.3 is 18.4 Å². The van der Waals surface area contributed by atoms with Crippen LogP contribution < -0.4 is 4.89 Å². The van der Waals surface area contributed by atoms with Gasteiger partial charge in [-0.05, 0) is 31.6 Å². The normalized spacial score (nSPS) is 19.8. The van der Waals surface area contributed by atoms with Gasteiger partial charge in [0, 0.05) is 12.8 Å². The van der Waals surface area contributed by atoms with E-state index in [1.165, 1.54) is 37.0 Å². The van der Waals surface area contributed by atoms with Gasteiger partial charge in [-0.15, -0.1) is 0 Å². The highest BCUT2D eigenvalue weighted by atomic mass is 31.2. The SMILES string of the molecule is CCCCC(CC)COP(=O)([O-])OCC(CC)CCCC.CC[N+]1(C)CCCC1. The number of hydrogen-bond acceptors (Lipinski definition) is 4. The standard InChI is InChI=1S/C16H35O4P.C7H16N/c1-5-9-11-15(7-3)13-19-21(17,18)20-14-16(8-4)12-10-6-2;1-3-8(2)6-4-5-7-8/h15-16H,5-14H2,1-4H3,(H,17,18);3-7H2,1-2H3/q;+1/p-1. The molecule has 176 valence electrons. The molecule has 1 saturated heterocycles. The summed E-state index contributed by atoms with van der Waals surface area (Å²) in [5, 5.41) is 0. The first-order valence-electron chi connectivity index (χ1n) is 12.2. The van der Waals surface area contributed by atoms with E-state index in [9.17, 15) is 9.46 Å². The second-order valence-electron chi connectivity index (χ2n) is 8.96. The minimum Gasteiger partial charge on any atom is -0.756 e. The van der Waals surface area contributed by atoms with Crippen molar-refractivity contribution >= 4 is 7.82 Å². The van der Waals surface area contributed by atoms with Crippen molar-refractivity contribution in [1.29, 1.82) is 0 Å². The van der Waals surface area contributed by atoms with Crippen LogP contribution in [0.3, 0.4) is 0 Å². The third-order valence-corrected chi connectivity index (χ3v) is 7.36. The van der Waals surface area contributed by atoms with Crippen molar-refractivity contribution in [2.24, 2.45) is 11.8 Å². The number of phosphoric acid groups is 1. The lowest BCUT2D eigenvalue weighted by Crippen LogP contribution is -2.40. The summed E-state index contributed by atoms with van der Waals surface area (Å²) in [6, 6.07) is 0. The number of hydrogen-bond donors (Lipinski definition) is 0. The average Bonchev–Trinajstić information content (AvgIpc) is 3.16. The second-order valence-corrected chi connectivity index (χ2v) is 10.4. The summed E-state index contributed by atoms with van der Waals surface area (Å²) in [6.45, 7) is 15.3. The molecule has 0 saturated carbocycles. The van der Waals surface area contributed by atoms with Gasteiger partial charge in [-0.3, -0.25) is 4.57 Å². The topological polar surface area (TPSA) is 58.6 Å². The van der Waals surface area contributed by atoms with Crippen LogP contribution in [0, 0.1) is 11.8 Å². The van der Waals surface area contributed by atoms with E-state index in [2.05, 4.69) is 41.7 Å². The van der Waals surface area contributed by atoms with Crippen LogP contribution in [-0.4, -0.2) is 44.4 Å². The van der Waals surface area contributed by atoms with Gasteiger partial charge in [-0.1, -0.05) is 66.2 Å². The molecule has 1 heterocycles. The van der Waals surface area contributed by atoms with E-state index in [0.29, 0.717) is 11.8 Å². The quantitative estimate of drug-likeness (QED) is 0.228. The first kappa shape index (κ1) is 29.1. The van der Waals surface area contributed by atoms with Crippen molar-refractivity contribution in [3.8, 4) is 0 Å². The zero-order valence-electron chi connectivity index (χ0n) is 20.3. The third-order valence-electron chi connectivity index (χ3n) is 6.43. The number of phosphoric ester groups is 1. The summed E-state index contributed by atoms with van der Waals surface area (Å²) in [7, 11) is -1.79.